The lowest BCUT2D eigenvalue weighted by Crippen LogP contribution is -2.28. The summed E-state index contributed by atoms with van der Waals surface area (Å²) in [5.41, 5.74) is 9.57. The van der Waals surface area contributed by atoms with Crippen LogP contribution in [0.5, 0.6) is 0 Å². The third kappa shape index (κ3) is 3.08. The molecule has 0 bridgehead atoms. The molecule has 0 aliphatic heterocycles. The van der Waals surface area contributed by atoms with Gasteiger partial charge in [0.05, 0.1) is 0 Å². The first-order chi connectivity index (χ1) is 16.7. The van der Waals surface area contributed by atoms with Crippen molar-refractivity contribution in [3.8, 4) is 0 Å². The quantitative estimate of drug-likeness (QED) is 0.298. The SMILES string of the molecule is CC/C=c1\c(=C2/CC(c3ccccc3)(c3cccc(C)c3)c3ccccc32)oc2ccccc12. The largest absolute Gasteiger partial charge is 0.456 e. The molecule has 0 saturated heterocycles. The number of aryl methyl sites for hydroxylation is 1. The lowest BCUT2D eigenvalue weighted by molar-refractivity contribution is 0.566. The molecule has 0 N–H and O–H groups in total. The van der Waals surface area contributed by atoms with Gasteiger partial charge in [-0.1, -0.05) is 116 Å². The van der Waals surface area contributed by atoms with Crippen LogP contribution in [0.2, 0.25) is 0 Å². The molecule has 5 aromatic rings. The maximum Gasteiger partial charge on any atom is 0.138 e. The smallest absolute Gasteiger partial charge is 0.138 e. The third-order valence-electron chi connectivity index (χ3n) is 7.25. The van der Waals surface area contributed by atoms with E-state index in [0.717, 1.165) is 23.8 Å². The molecule has 1 nitrogen and oxygen atoms in total. The predicted molar refractivity (Wildman–Crippen MR) is 141 cm³/mol. The molecule has 4 aromatic carbocycles. The van der Waals surface area contributed by atoms with E-state index in [0.29, 0.717) is 0 Å². The highest BCUT2D eigenvalue weighted by atomic mass is 16.3. The summed E-state index contributed by atoms with van der Waals surface area (Å²) in [5, 5.41) is 2.41. The predicted octanol–water partition coefficient (Wildman–Crippen LogP) is 6.87. The molecule has 1 aromatic heterocycles. The number of para-hydroxylation sites is 1. The molecule has 1 aliphatic carbocycles. The summed E-state index contributed by atoms with van der Waals surface area (Å²) < 4.78 is 6.61. The lowest BCUT2D eigenvalue weighted by atomic mass is 9.70. The maximum atomic E-state index is 6.61. The third-order valence-corrected chi connectivity index (χ3v) is 7.25. The van der Waals surface area contributed by atoms with E-state index in [1.807, 2.05) is 0 Å². The van der Waals surface area contributed by atoms with Gasteiger partial charge in [-0.2, -0.15) is 0 Å². The van der Waals surface area contributed by atoms with Crippen LogP contribution in [0.1, 0.15) is 47.6 Å². The second kappa shape index (κ2) is 8.18. The average Bonchev–Trinajstić information content (AvgIpc) is 3.42. The number of furan rings is 1. The molecule has 0 radical (unpaired) electrons. The number of rotatable bonds is 3. The van der Waals surface area contributed by atoms with E-state index in [1.165, 1.54) is 44.0 Å². The van der Waals surface area contributed by atoms with Crippen molar-refractivity contribution in [2.24, 2.45) is 0 Å². The minimum Gasteiger partial charge on any atom is -0.456 e. The van der Waals surface area contributed by atoms with E-state index in [1.54, 1.807) is 0 Å². The minimum absolute atomic E-state index is 0.262. The second-order valence-corrected chi connectivity index (χ2v) is 9.30. The van der Waals surface area contributed by atoms with Gasteiger partial charge in [-0.05, 0) is 48.1 Å². The molecule has 1 aliphatic rings. The molecular weight excluding hydrogens is 412 g/mol. The standard InChI is InChI=1S/C33H28O/c1-3-12-28-27-18-8-10-20-31(27)34-32(28)29-22-33(24-14-5-4-6-15-24,25-16-11-13-23(2)21-25)30-19-9-7-17-26(29)30/h4-21H,3,22H2,1-2H3/b28-12-,32-29-. The fourth-order valence-electron chi connectivity index (χ4n) is 5.79. The number of hydrogen-bond acceptors (Lipinski definition) is 1. The Labute approximate surface area is 200 Å². The van der Waals surface area contributed by atoms with Crippen molar-refractivity contribution in [1.29, 1.82) is 0 Å². The molecule has 1 atom stereocenters. The van der Waals surface area contributed by atoms with Gasteiger partial charge in [0.1, 0.15) is 11.0 Å². The van der Waals surface area contributed by atoms with E-state index in [4.69, 9.17) is 4.42 Å². The molecular formula is C33H28O. The van der Waals surface area contributed by atoms with Crippen LogP contribution in [-0.2, 0) is 5.41 Å². The first-order valence-corrected chi connectivity index (χ1v) is 12.2. The summed E-state index contributed by atoms with van der Waals surface area (Å²) in [5.74, 6) is 0. The molecule has 1 heterocycles. The van der Waals surface area contributed by atoms with Gasteiger partial charge in [-0.15, -0.1) is 0 Å². The Hall–Kier alpha value is -3.84. The van der Waals surface area contributed by atoms with Crippen molar-refractivity contribution in [3.63, 3.8) is 0 Å². The number of benzene rings is 4. The summed E-state index contributed by atoms with van der Waals surface area (Å²) in [6.45, 7) is 4.38. The second-order valence-electron chi connectivity index (χ2n) is 9.30. The van der Waals surface area contributed by atoms with Crippen LogP contribution in [-0.4, -0.2) is 0 Å². The van der Waals surface area contributed by atoms with Crippen molar-refractivity contribution in [2.45, 2.75) is 32.1 Å². The first-order valence-electron chi connectivity index (χ1n) is 12.2. The molecule has 34 heavy (non-hydrogen) atoms. The molecule has 166 valence electrons. The van der Waals surface area contributed by atoms with Crippen LogP contribution in [0.4, 0.5) is 0 Å². The highest BCUT2D eigenvalue weighted by molar-refractivity contribution is 5.84. The van der Waals surface area contributed by atoms with Crippen LogP contribution in [0, 0.1) is 6.92 Å². The lowest BCUT2D eigenvalue weighted by Gasteiger charge is -2.32. The van der Waals surface area contributed by atoms with E-state index in [-0.39, 0.29) is 5.41 Å². The van der Waals surface area contributed by atoms with Gasteiger partial charge in [0.25, 0.3) is 0 Å². The van der Waals surface area contributed by atoms with Crippen LogP contribution < -0.4 is 10.6 Å². The Morgan fingerprint density at radius 2 is 1.53 bits per heavy atom. The zero-order valence-corrected chi connectivity index (χ0v) is 19.7. The Bertz CT molecular complexity index is 1620. The molecule has 0 spiro atoms. The highest BCUT2D eigenvalue weighted by Gasteiger charge is 2.44. The fraction of sp³-hybridized carbons (Fsp3) is 0.152. The Morgan fingerprint density at radius 1 is 0.794 bits per heavy atom. The van der Waals surface area contributed by atoms with Crippen LogP contribution in [0.15, 0.2) is 108 Å². The van der Waals surface area contributed by atoms with E-state index in [2.05, 4.69) is 123 Å². The molecule has 0 saturated carbocycles. The van der Waals surface area contributed by atoms with Gasteiger partial charge < -0.3 is 4.42 Å². The number of hydrogen-bond donors (Lipinski definition) is 0. The summed E-state index contributed by atoms with van der Waals surface area (Å²) in [6, 6.07) is 37.3. The average molecular weight is 441 g/mol. The topological polar surface area (TPSA) is 13.1 Å². The molecule has 0 fully saturated rings. The van der Waals surface area contributed by atoms with Crippen molar-refractivity contribution < 1.29 is 4.42 Å². The van der Waals surface area contributed by atoms with E-state index >= 15 is 0 Å². The Morgan fingerprint density at radius 3 is 2.35 bits per heavy atom. The van der Waals surface area contributed by atoms with Crippen LogP contribution in [0.3, 0.4) is 0 Å². The Balaban J connectivity index is 1.77. The summed E-state index contributed by atoms with van der Waals surface area (Å²) in [6.07, 6.45) is 4.14. The monoisotopic (exact) mass is 440 g/mol. The zero-order chi connectivity index (χ0) is 23.1. The summed E-state index contributed by atoms with van der Waals surface area (Å²) in [7, 11) is 0. The van der Waals surface area contributed by atoms with E-state index < -0.39 is 0 Å². The minimum atomic E-state index is -0.262. The number of fused-ring (bicyclic) bond motifs is 2. The van der Waals surface area contributed by atoms with Gasteiger partial charge in [0.15, 0.2) is 0 Å². The van der Waals surface area contributed by atoms with Crippen molar-refractivity contribution >= 4 is 22.6 Å². The first kappa shape index (κ1) is 20.7. The normalized spacial score (nSPS) is 19.5. The summed E-state index contributed by atoms with van der Waals surface area (Å²) in [4.78, 5) is 0. The van der Waals surface area contributed by atoms with Gasteiger partial charge in [0.2, 0.25) is 0 Å². The molecule has 1 unspecified atom stereocenters. The fourth-order valence-corrected chi connectivity index (χ4v) is 5.79. The van der Waals surface area contributed by atoms with Crippen molar-refractivity contribution in [2.75, 3.05) is 0 Å². The van der Waals surface area contributed by atoms with Crippen molar-refractivity contribution in [3.05, 3.63) is 142 Å². The molecule has 0 amide bonds. The van der Waals surface area contributed by atoms with Crippen LogP contribution >= 0.6 is 0 Å². The van der Waals surface area contributed by atoms with Crippen molar-refractivity contribution in [1.82, 2.24) is 0 Å². The molecule has 1 heteroatoms. The molecule has 6 rings (SSSR count). The van der Waals surface area contributed by atoms with Gasteiger partial charge in [0, 0.05) is 21.6 Å². The maximum absolute atomic E-state index is 6.61. The van der Waals surface area contributed by atoms with E-state index in [9.17, 15) is 0 Å². The van der Waals surface area contributed by atoms with Gasteiger partial charge in [-0.3, -0.25) is 0 Å². The van der Waals surface area contributed by atoms with Gasteiger partial charge in [-0.25, -0.2) is 0 Å². The Kier molecular flexibility index (Phi) is 4.99. The highest BCUT2D eigenvalue weighted by Crippen LogP contribution is 2.52. The van der Waals surface area contributed by atoms with Crippen LogP contribution in [0.25, 0.3) is 22.6 Å². The zero-order valence-electron chi connectivity index (χ0n) is 19.7. The summed E-state index contributed by atoms with van der Waals surface area (Å²) >= 11 is 0. The van der Waals surface area contributed by atoms with Gasteiger partial charge >= 0.3 is 0 Å².